The lowest BCUT2D eigenvalue weighted by atomic mass is 10.0. The molecule has 1 fully saturated rings. The molecule has 0 radical (unpaired) electrons. The highest BCUT2D eigenvalue weighted by Gasteiger charge is 2.29. The third kappa shape index (κ3) is 3.68. The molecule has 2 aliphatic heterocycles. The number of fused-ring (bicyclic) bond motifs is 1. The zero-order valence-electron chi connectivity index (χ0n) is 16.6. The molecule has 30 heavy (non-hydrogen) atoms. The van der Waals surface area contributed by atoms with Crippen molar-refractivity contribution < 1.29 is 14.3 Å². The molecule has 2 aromatic carbocycles. The Morgan fingerprint density at radius 2 is 1.90 bits per heavy atom. The number of likely N-dealkylation sites (tertiary alicyclic amines) is 1. The molecule has 0 aliphatic carbocycles. The molecule has 152 valence electrons. The van der Waals surface area contributed by atoms with E-state index < -0.39 is 0 Å². The highest BCUT2D eigenvalue weighted by Crippen LogP contribution is 2.38. The van der Waals surface area contributed by atoms with Crippen LogP contribution in [-0.2, 0) is 4.79 Å². The number of para-hydroxylation sites is 1. The summed E-state index contributed by atoms with van der Waals surface area (Å²) in [6.45, 7) is 1.89. The van der Waals surface area contributed by atoms with Gasteiger partial charge < -0.3 is 14.4 Å². The molecular weight excluding hydrogens is 378 g/mol. The highest BCUT2D eigenvalue weighted by atomic mass is 16.6. The molecule has 2 aliphatic rings. The minimum Gasteiger partial charge on any atom is -0.486 e. The van der Waals surface area contributed by atoms with Crippen molar-refractivity contribution in [3.05, 3.63) is 78.1 Å². The zero-order chi connectivity index (χ0) is 20.3. The van der Waals surface area contributed by atoms with Crippen molar-refractivity contribution in [2.24, 2.45) is 0 Å². The second kappa shape index (κ2) is 8.06. The Kier molecular flexibility index (Phi) is 4.97. The third-order valence-electron chi connectivity index (χ3n) is 5.53. The maximum atomic E-state index is 12.9. The van der Waals surface area contributed by atoms with Crippen molar-refractivity contribution >= 4 is 12.0 Å². The van der Waals surface area contributed by atoms with Gasteiger partial charge in [-0.3, -0.25) is 4.79 Å². The van der Waals surface area contributed by atoms with Gasteiger partial charge in [0.1, 0.15) is 13.2 Å². The van der Waals surface area contributed by atoms with E-state index in [0.29, 0.717) is 13.2 Å². The average molecular weight is 401 g/mol. The predicted molar refractivity (Wildman–Crippen MR) is 114 cm³/mol. The van der Waals surface area contributed by atoms with Crippen molar-refractivity contribution in [2.75, 3.05) is 19.8 Å². The van der Waals surface area contributed by atoms with Crippen molar-refractivity contribution in [1.29, 1.82) is 0 Å². The van der Waals surface area contributed by atoms with Crippen LogP contribution in [0.1, 0.15) is 30.0 Å². The first-order valence-corrected chi connectivity index (χ1v) is 10.3. The van der Waals surface area contributed by atoms with Gasteiger partial charge >= 0.3 is 0 Å². The number of carbonyl (C=O) groups is 1. The van der Waals surface area contributed by atoms with Crippen LogP contribution in [0.4, 0.5) is 0 Å². The van der Waals surface area contributed by atoms with Crippen LogP contribution in [0, 0.1) is 0 Å². The van der Waals surface area contributed by atoms with E-state index in [9.17, 15) is 4.79 Å². The summed E-state index contributed by atoms with van der Waals surface area (Å²) in [4.78, 5) is 14.9. The van der Waals surface area contributed by atoms with Gasteiger partial charge in [-0.05, 0) is 48.7 Å². The minimum absolute atomic E-state index is 0.0138. The van der Waals surface area contributed by atoms with Gasteiger partial charge in [0.05, 0.1) is 17.9 Å². The summed E-state index contributed by atoms with van der Waals surface area (Å²) in [6.07, 6.45) is 9.09. The summed E-state index contributed by atoms with van der Waals surface area (Å²) in [5.41, 5.74) is 2.97. The molecule has 1 aromatic heterocycles. The Hall–Kier alpha value is -3.54. The fraction of sp³-hybridized carbons (Fsp3) is 0.250. The van der Waals surface area contributed by atoms with Crippen LogP contribution in [0.3, 0.4) is 0 Å². The number of benzene rings is 2. The molecule has 0 bridgehead atoms. The number of hydrogen-bond donors (Lipinski definition) is 0. The molecule has 3 aromatic rings. The number of amides is 1. The fourth-order valence-corrected chi connectivity index (χ4v) is 4.05. The number of ether oxygens (including phenoxy) is 2. The number of rotatable bonds is 4. The summed E-state index contributed by atoms with van der Waals surface area (Å²) in [5.74, 6) is 1.55. The zero-order valence-corrected chi connectivity index (χ0v) is 16.6. The number of carbonyl (C=O) groups excluding carboxylic acids is 1. The summed E-state index contributed by atoms with van der Waals surface area (Å²) in [6, 6.07) is 16.0. The van der Waals surface area contributed by atoms with E-state index >= 15 is 0 Å². The molecule has 0 N–H and O–H groups in total. The molecule has 1 atom stereocenters. The van der Waals surface area contributed by atoms with Crippen LogP contribution in [0.25, 0.3) is 11.8 Å². The summed E-state index contributed by atoms with van der Waals surface area (Å²) in [5, 5.41) is 4.38. The van der Waals surface area contributed by atoms with E-state index in [0.717, 1.165) is 47.7 Å². The van der Waals surface area contributed by atoms with Crippen LogP contribution in [0.2, 0.25) is 0 Å². The second-order valence-electron chi connectivity index (χ2n) is 7.48. The summed E-state index contributed by atoms with van der Waals surface area (Å²) >= 11 is 0. The van der Waals surface area contributed by atoms with E-state index in [1.165, 1.54) is 0 Å². The monoisotopic (exact) mass is 401 g/mol. The van der Waals surface area contributed by atoms with Crippen molar-refractivity contribution in [2.45, 2.75) is 18.9 Å². The van der Waals surface area contributed by atoms with Gasteiger partial charge in [-0.2, -0.15) is 5.10 Å². The van der Waals surface area contributed by atoms with Crippen molar-refractivity contribution in [3.63, 3.8) is 0 Å². The highest BCUT2D eigenvalue weighted by molar-refractivity contribution is 5.92. The molecular formula is C24H23N3O3. The van der Waals surface area contributed by atoms with Gasteiger partial charge in [0.2, 0.25) is 5.91 Å². The smallest absolute Gasteiger partial charge is 0.247 e. The average Bonchev–Trinajstić information content (AvgIpc) is 3.48. The molecule has 1 amide bonds. The normalized spacial score (nSPS) is 18.1. The fourth-order valence-electron chi connectivity index (χ4n) is 4.05. The predicted octanol–water partition coefficient (Wildman–Crippen LogP) is 4.02. The van der Waals surface area contributed by atoms with E-state index in [2.05, 4.69) is 5.10 Å². The van der Waals surface area contributed by atoms with Crippen LogP contribution in [0.5, 0.6) is 11.5 Å². The van der Waals surface area contributed by atoms with Crippen LogP contribution < -0.4 is 9.47 Å². The molecule has 3 heterocycles. The second-order valence-corrected chi connectivity index (χ2v) is 7.48. The van der Waals surface area contributed by atoms with Crippen molar-refractivity contribution in [3.8, 4) is 17.2 Å². The Balaban J connectivity index is 1.30. The Morgan fingerprint density at radius 1 is 1.07 bits per heavy atom. The first kappa shape index (κ1) is 18.5. The maximum Gasteiger partial charge on any atom is 0.247 e. The van der Waals surface area contributed by atoms with E-state index in [1.54, 1.807) is 17.0 Å². The Bertz CT molecular complexity index is 1070. The van der Waals surface area contributed by atoms with Gasteiger partial charge in [-0.15, -0.1) is 0 Å². The number of nitrogens with zero attached hydrogens (tertiary/aromatic N) is 3. The first-order chi connectivity index (χ1) is 14.8. The van der Waals surface area contributed by atoms with Gasteiger partial charge in [-0.1, -0.05) is 24.3 Å². The van der Waals surface area contributed by atoms with Crippen LogP contribution >= 0.6 is 0 Å². The Morgan fingerprint density at radius 3 is 2.77 bits per heavy atom. The van der Waals surface area contributed by atoms with Gasteiger partial charge in [0.25, 0.3) is 0 Å². The lowest BCUT2D eigenvalue weighted by molar-refractivity contribution is -0.126. The molecule has 0 saturated carbocycles. The summed E-state index contributed by atoms with van der Waals surface area (Å²) in [7, 11) is 0. The number of aromatic nitrogens is 2. The third-order valence-corrected chi connectivity index (χ3v) is 5.53. The molecule has 0 spiro atoms. The largest absolute Gasteiger partial charge is 0.486 e. The van der Waals surface area contributed by atoms with E-state index in [-0.39, 0.29) is 11.9 Å². The maximum absolute atomic E-state index is 12.9. The number of hydrogen-bond acceptors (Lipinski definition) is 4. The van der Waals surface area contributed by atoms with E-state index in [1.807, 2.05) is 65.7 Å². The lowest BCUT2D eigenvalue weighted by Crippen LogP contribution is -2.29. The molecule has 5 rings (SSSR count). The molecule has 1 unspecified atom stereocenters. The quantitative estimate of drug-likeness (QED) is 0.620. The van der Waals surface area contributed by atoms with E-state index in [4.69, 9.17) is 9.47 Å². The summed E-state index contributed by atoms with van der Waals surface area (Å²) < 4.78 is 13.1. The van der Waals surface area contributed by atoms with Gasteiger partial charge in [-0.25, -0.2) is 4.68 Å². The molecule has 1 saturated heterocycles. The van der Waals surface area contributed by atoms with Gasteiger partial charge in [0.15, 0.2) is 11.5 Å². The molecule has 6 heteroatoms. The SMILES string of the molecule is O=C(C=Cc1cnn(-c2ccccc2)c1)N1CCCC1c1ccc2c(c1)OCCO2. The topological polar surface area (TPSA) is 56.6 Å². The standard InChI is InChI=1S/C24H23N3O3/c28-24(11-8-18-16-25-27(17-18)20-5-2-1-3-6-20)26-12-4-7-21(26)19-9-10-22-23(15-19)30-14-13-29-22/h1-3,5-6,8-11,15-17,21H,4,7,12-14H2. The molecule has 6 nitrogen and oxygen atoms in total. The van der Waals surface area contributed by atoms with Crippen molar-refractivity contribution in [1.82, 2.24) is 14.7 Å². The first-order valence-electron chi connectivity index (χ1n) is 10.3. The lowest BCUT2D eigenvalue weighted by Gasteiger charge is -2.26. The van der Waals surface area contributed by atoms with Crippen LogP contribution in [-0.4, -0.2) is 40.3 Å². The van der Waals surface area contributed by atoms with Gasteiger partial charge in [0, 0.05) is 24.4 Å². The minimum atomic E-state index is 0.0138. The Labute approximate surface area is 175 Å². The van der Waals surface area contributed by atoms with Crippen LogP contribution in [0.15, 0.2) is 67.0 Å².